The largest absolute Gasteiger partial charge is 0.389 e. The van der Waals surface area contributed by atoms with Crippen LogP contribution in [-0.4, -0.2) is 10.1 Å². The van der Waals surface area contributed by atoms with Crippen molar-refractivity contribution in [3.05, 3.63) is 27.5 Å². The van der Waals surface area contributed by atoms with Crippen LogP contribution in [-0.2, 0) is 0 Å². The average molecular weight is 236 g/mol. The molecule has 1 aromatic rings. The standard InChI is InChI=1S/C7H7BrClNO/c1-4(11)5-3-10-7(9)2-6(5)8/h2-4,11H,1H3. The molecule has 0 radical (unpaired) electrons. The molecule has 1 unspecified atom stereocenters. The maximum atomic E-state index is 9.18. The quantitative estimate of drug-likeness (QED) is 0.760. The van der Waals surface area contributed by atoms with Crippen molar-refractivity contribution in [3.8, 4) is 0 Å². The van der Waals surface area contributed by atoms with Crippen LogP contribution in [0.25, 0.3) is 0 Å². The highest BCUT2D eigenvalue weighted by molar-refractivity contribution is 9.10. The van der Waals surface area contributed by atoms with E-state index in [0.29, 0.717) is 5.15 Å². The van der Waals surface area contributed by atoms with Crippen LogP contribution in [0.5, 0.6) is 0 Å². The summed E-state index contributed by atoms with van der Waals surface area (Å²) in [5, 5.41) is 9.60. The van der Waals surface area contributed by atoms with Gasteiger partial charge < -0.3 is 5.11 Å². The van der Waals surface area contributed by atoms with Crippen molar-refractivity contribution in [2.75, 3.05) is 0 Å². The summed E-state index contributed by atoms with van der Waals surface area (Å²) in [5.74, 6) is 0. The molecule has 1 atom stereocenters. The van der Waals surface area contributed by atoms with E-state index < -0.39 is 6.10 Å². The van der Waals surface area contributed by atoms with Crippen LogP contribution in [0, 0.1) is 0 Å². The van der Waals surface area contributed by atoms with Crippen molar-refractivity contribution in [1.82, 2.24) is 4.98 Å². The van der Waals surface area contributed by atoms with Crippen molar-refractivity contribution in [3.63, 3.8) is 0 Å². The van der Waals surface area contributed by atoms with Gasteiger partial charge in [-0.25, -0.2) is 4.98 Å². The molecule has 1 aromatic heterocycles. The Bertz CT molecular complexity index is 265. The number of hydrogen-bond acceptors (Lipinski definition) is 2. The Hall–Kier alpha value is -0.120. The molecular formula is C7H7BrClNO. The zero-order chi connectivity index (χ0) is 8.43. The Kier molecular flexibility index (Phi) is 2.87. The van der Waals surface area contributed by atoms with Crippen LogP contribution in [0.1, 0.15) is 18.6 Å². The number of hydrogen-bond donors (Lipinski definition) is 1. The van der Waals surface area contributed by atoms with E-state index in [-0.39, 0.29) is 0 Å². The number of aromatic nitrogens is 1. The minimum atomic E-state index is -0.519. The summed E-state index contributed by atoms with van der Waals surface area (Å²) in [6, 6.07) is 1.66. The lowest BCUT2D eigenvalue weighted by Gasteiger charge is -2.05. The van der Waals surface area contributed by atoms with Gasteiger partial charge in [-0.15, -0.1) is 0 Å². The summed E-state index contributed by atoms with van der Waals surface area (Å²) >= 11 is 8.86. The second-order valence-electron chi connectivity index (χ2n) is 2.20. The van der Waals surface area contributed by atoms with Crippen molar-refractivity contribution in [2.24, 2.45) is 0 Å². The fraction of sp³-hybridized carbons (Fsp3) is 0.286. The van der Waals surface area contributed by atoms with Gasteiger partial charge in [0.1, 0.15) is 5.15 Å². The molecule has 0 saturated heterocycles. The first-order chi connectivity index (χ1) is 5.11. The van der Waals surface area contributed by atoms with Gasteiger partial charge in [-0.3, -0.25) is 0 Å². The lowest BCUT2D eigenvalue weighted by atomic mass is 10.2. The molecule has 1 rings (SSSR count). The Morgan fingerprint density at radius 3 is 2.82 bits per heavy atom. The lowest BCUT2D eigenvalue weighted by Crippen LogP contribution is -1.93. The number of pyridine rings is 1. The van der Waals surface area contributed by atoms with Gasteiger partial charge in [-0.2, -0.15) is 0 Å². The first kappa shape index (κ1) is 8.97. The number of aliphatic hydroxyl groups is 1. The predicted octanol–water partition coefficient (Wildman–Crippen LogP) is 2.55. The number of rotatable bonds is 1. The molecule has 1 N–H and O–H groups in total. The first-order valence-corrected chi connectivity index (χ1v) is 4.27. The third-order valence-corrected chi connectivity index (χ3v) is 2.19. The maximum absolute atomic E-state index is 9.18. The number of aliphatic hydroxyl groups excluding tert-OH is 1. The van der Waals surface area contributed by atoms with E-state index in [2.05, 4.69) is 20.9 Å². The molecule has 4 heteroatoms. The number of nitrogens with zero attached hydrogens (tertiary/aromatic N) is 1. The fourth-order valence-corrected chi connectivity index (χ4v) is 1.67. The van der Waals surface area contributed by atoms with Gasteiger partial charge in [0.15, 0.2) is 0 Å². The Morgan fingerprint density at radius 2 is 2.36 bits per heavy atom. The minimum Gasteiger partial charge on any atom is -0.389 e. The molecular weight excluding hydrogens is 229 g/mol. The summed E-state index contributed by atoms with van der Waals surface area (Å²) in [4.78, 5) is 3.84. The van der Waals surface area contributed by atoms with Crippen LogP contribution in [0.4, 0.5) is 0 Å². The van der Waals surface area contributed by atoms with E-state index in [1.165, 1.54) is 0 Å². The third kappa shape index (κ3) is 2.15. The van der Waals surface area contributed by atoms with Crippen LogP contribution >= 0.6 is 27.5 Å². The van der Waals surface area contributed by atoms with Crippen LogP contribution in [0.2, 0.25) is 5.15 Å². The second kappa shape index (κ2) is 3.52. The Labute approximate surface area is 78.3 Å². The lowest BCUT2D eigenvalue weighted by molar-refractivity contribution is 0.198. The minimum absolute atomic E-state index is 0.418. The predicted molar refractivity (Wildman–Crippen MR) is 47.6 cm³/mol. The molecule has 0 spiro atoms. The van der Waals surface area contributed by atoms with Gasteiger partial charge in [0.05, 0.1) is 6.10 Å². The molecule has 60 valence electrons. The highest BCUT2D eigenvalue weighted by Gasteiger charge is 2.06. The Morgan fingerprint density at radius 1 is 1.73 bits per heavy atom. The van der Waals surface area contributed by atoms with Crippen molar-refractivity contribution in [1.29, 1.82) is 0 Å². The highest BCUT2D eigenvalue weighted by atomic mass is 79.9. The van der Waals surface area contributed by atoms with E-state index in [0.717, 1.165) is 10.0 Å². The molecule has 0 aromatic carbocycles. The SMILES string of the molecule is CC(O)c1cnc(Cl)cc1Br. The normalized spacial score (nSPS) is 13.1. The average Bonchev–Trinajstić information content (AvgIpc) is 1.85. The smallest absolute Gasteiger partial charge is 0.130 e. The van der Waals surface area contributed by atoms with E-state index in [9.17, 15) is 5.11 Å². The monoisotopic (exact) mass is 235 g/mol. The van der Waals surface area contributed by atoms with Crippen molar-refractivity contribution in [2.45, 2.75) is 13.0 Å². The van der Waals surface area contributed by atoms with Gasteiger partial charge in [-0.1, -0.05) is 27.5 Å². The first-order valence-electron chi connectivity index (χ1n) is 3.10. The summed E-state index contributed by atoms with van der Waals surface area (Å²) in [7, 11) is 0. The van der Waals surface area contributed by atoms with Gasteiger partial charge in [0, 0.05) is 16.2 Å². The molecule has 11 heavy (non-hydrogen) atoms. The van der Waals surface area contributed by atoms with Crippen molar-refractivity contribution < 1.29 is 5.11 Å². The van der Waals surface area contributed by atoms with Gasteiger partial charge >= 0.3 is 0 Å². The number of halogens is 2. The summed E-state index contributed by atoms with van der Waals surface area (Å²) in [6.07, 6.45) is 1.03. The molecule has 0 aliphatic carbocycles. The van der Waals surface area contributed by atoms with Gasteiger partial charge in [0.2, 0.25) is 0 Å². The van der Waals surface area contributed by atoms with E-state index in [1.54, 1.807) is 19.2 Å². The fourth-order valence-electron chi connectivity index (χ4n) is 0.725. The zero-order valence-electron chi connectivity index (χ0n) is 5.88. The van der Waals surface area contributed by atoms with Gasteiger partial charge in [-0.05, 0) is 13.0 Å². The van der Waals surface area contributed by atoms with E-state index in [4.69, 9.17) is 11.6 Å². The second-order valence-corrected chi connectivity index (χ2v) is 3.45. The molecule has 2 nitrogen and oxygen atoms in total. The molecule has 0 amide bonds. The molecule has 1 heterocycles. The summed E-state index contributed by atoms with van der Waals surface area (Å²) < 4.78 is 0.785. The topological polar surface area (TPSA) is 33.1 Å². The maximum Gasteiger partial charge on any atom is 0.130 e. The molecule has 0 bridgehead atoms. The van der Waals surface area contributed by atoms with Gasteiger partial charge in [0.25, 0.3) is 0 Å². The molecule has 0 aliphatic heterocycles. The van der Waals surface area contributed by atoms with Crippen LogP contribution < -0.4 is 0 Å². The van der Waals surface area contributed by atoms with Crippen LogP contribution in [0.15, 0.2) is 16.7 Å². The Balaban J connectivity index is 3.09. The summed E-state index contributed by atoms with van der Waals surface area (Å²) in [6.45, 7) is 1.68. The van der Waals surface area contributed by atoms with E-state index >= 15 is 0 Å². The van der Waals surface area contributed by atoms with Crippen molar-refractivity contribution >= 4 is 27.5 Å². The van der Waals surface area contributed by atoms with Crippen LogP contribution in [0.3, 0.4) is 0 Å². The molecule has 0 aliphatic rings. The summed E-state index contributed by atoms with van der Waals surface area (Å²) in [5.41, 5.74) is 0.745. The molecule has 0 saturated carbocycles. The highest BCUT2D eigenvalue weighted by Crippen LogP contribution is 2.24. The van der Waals surface area contributed by atoms with E-state index in [1.807, 2.05) is 0 Å². The zero-order valence-corrected chi connectivity index (χ0v) is 8.22. The third-order valence-electron chi connectivity index (χ3n) is 1.30. The molecule has 0 fully saturated rings.